The minimum atomic E-state index is -0.246. The summed E-state index contributed by atoms with van der Waals surface area (Å²) in [4.78, 5) is 22.8. The van der Waals surface area contributed by atoms with E-state index >= 15 is 0 Å². The average molecular weight is 509 g/mol. The smallest absolute Gasteiger partial charge is 0.269 e. The summed E-state index contributed by atoms with van der Waals surface area (Å²) in [5, 5.41) is 14.1. The van der Waals surface area contributed by atoms with Gasteiger partial charge in [0, 0.05) is 10.6 Å². The molecular formula is C29H21ClN4O3. The van der Waals surface area contributed by atoms with Gasteiger partial charge in [0.2, 0.25) is 0 Å². The summed E-state index contributed by atoms with van der Waals surface area (Å²) in [6.07, 6.45) is 7.75. The number of allylic oxidation sites excluding steroid dienone is 4. The Morgan fingerprint density at radius 3 is 2.38 bits per heavy atom. The van der Waals surface area contributed by atoms with E-state index < -0.39 is 0 Å². The van der Waals surface area contributed by atoms with Crippen molar-refractivity contribution in [3.8, 4) is 22.8 Å². The zero-order chi connectivity index (χ0) is 25.8. The Morgan fingerprint density at radius 2 is 1.70 bits per heavy atom. The first-order valence-electron chi connectivity index (χ1n) is 11.3. The summed E-state index contributed by atoms with van der Waals surface area (Å²) < 4.78 is 3.22. The van der Waals surface area contributed by atoms with Crippen molar-refractivity contribution in [2.24, 2.45) is 0 Å². The molecule has 0 fully saturated rings. The molecule has 5 aromatic rings. The molecule has 0 atom stereocenters. The van der Waals surface area contributed by atoms with E-state index in [4.69, 9.17) is 21.8 Å². The number of halogens is 1. The van der Waals surface area contributed by atoms with Crippen LogP contribution in [0, 0.1) is 0 Å². The molecule has 0 aliphatic heterocycles. The van der Waals surface area contributed by atoms with Crippen LogP contribution in [-0.4, -0.2) is 24.6 Å². The van der Waals surface area contributed by atoms with Crippen LogP contribution in [0.5, 0.6) is 0 Å². The molecule has 37 heavy (non-hydrogen) atoms. The third-order valence-electron chi connectivity index (χ3n) is 5.77. The van der Waals surface area contributed by atoms with E-state index in [9.17, 15) is 4.79 Å². The monoisotopic (exact) mass is 508 g/mol. The number of para-hydroxylation sites is 1. The second kappa shape index (κ2) is 10.5. The molecule has 8 heteroatoms. The number of aromatic nitrogens is 4. The van der Waals surface area contributed by atoms with Crippen LogP contribution in [0.15, 0.2) is 121 Å². The van der Waals surface area contributed by atoms with Gasteiger partial charge in [-0.15, -0.1) is 0 Å². The minimum absolute atomic E-state index is 0.246. The SMILES string of the molecule is C=C/C=C(\C=C/OO)c1ccc(-c2nc3c(cnn3-c3ccccc3)c(=O)n2-c2ccc(Cl)cc2)cc1. The van der Waals surface area contributed by atoms with Crippen molar-refractivity contribution >= 4 is 28.2 Å². The lowest BCUT2D eigenvalue weighted by molar-refractivity contribution is -0.186. The zero-order valence-electron chi connectivity index (χ0n) is 19.5. The second-order valence-corrected chi connectivity index (χ2v) is 8.46. The van der Waals surface area contributed by atoms with Crippen molar-refractivity contribution in [3.05, 3.63) is 137 Å². The van der Waals surface area contributed by atoms with E-state index in [0.29, 0.717) is 27.6 Å². The largest absolute Gasteiger partial charge is 0.348 e. The highest BCUT2D eigenvalue weighted by Crippen LogP contribution is 2.26. The first-order chi connectivity index (χ1) is 18.1. The molecule has 0 saturated carbocycles. The van der Waals surface area contributed by atoms with Crippen molar-refractivity contribution in [3.63, 3.8) is 0 Å². The highest BCUT2D eigenvalue weighted by molar-refractivity contribution is 6.30. The van der Waals surface area contributed by atoms with Gasteiger partial charge in [-0.25, -0.2) is 14.9 Å². The molecule has 0 aliphatic rings. The zero-order valence-corrected chi connectivity index (χ0v) is 20.3. The first-order valence-corrected chi connectivity index (χ1v) is 11.7. The van der Waals surface area contributed by atoms with Gasteiger partial charge in [-0.1, -0.05) is 72.8 Å². The number of hydrogen-bond donors (Lipinski definition) is 1. The summed E-state index contributed by atoms with van der Waals surface area (Å²) >= 11 is 6.11. The van der Waals surface area contributed by atoms with Crippen LogP contribution in [0.3, 0.4) is 0 Å². The van der Waals surface area contributed by atoms with E-state index in [0.717, 1.165) is 22.4 Å². The van der Waals surface area contributed by atoms with Crippen LogP contribution in [0.25, 0.3) is 39.4 Å². The number of nitrogens with zero attached hydrogens (tertiary/aromatic N) is 4. The van der Waals surface area contributed by atoms with Gasteiger partial charge in [0.15, 0.2) is 5.65 Å². The van der Waals surface area contributed by atoms with Gasteiger partial charge < -0.3 is 4.89 Å². The second-order valence-electron chi connectivity index (χ2n) is 8.02. The lowest BCUT2D eigenvalue weighted by Gasteiger charge is -2.14. The third kappa shape index (κ3) is 4.73. The molecule has 0 radical (unpaired) electrons. The minimum Gasteiger partial charge on any atom is -0.348 e. The maximum Gasteiger partial charge on any atom is 0.269 e. The van der Waals surface area contributed by atoms with Gasteiger partial charge in [0.1, 0.15) is 17.5 Å². The van der Waals surface area contributed by atoms with Gasteiger partial charge in [0.25, 0.3) is 5.56 Å². The highest BCUT2D eigenvalue weighted by atomic mass is 35.5. The summed E-state index contributed by atoms with van der Waals surface area (Å²) in [5.74, 6) is 0.451. The van der Waals surface area contributed by atoms with Gasteiger partial charge in [-0.3, -0.25) is 9.36 Å². The lowest BCUT2D eigenvalue weighted by Crippen LogP contribution is -2.22. The Morgan fingerprint density at radius 1 is 0.973 bits per heavy atom. The molecule has 0 spiro atoms. The Kier molecular flexibility index (Phi) is 6.81. The van der Waals surface area contributed by atoms with E-state index in [1.807, 2.05) is 54.6 Å². The Balaban J connectivity index is 1.73. The standard InChI is InChI=1S/C29H21ClN4O3/c1-2-6-20(17-18-37-36)21-9-11-22(12-10-21)27-32-28-26(19-31-34(28)25-7-4-3-5-8-25)29(35)33(27)24-15-13-23(30)14-16-24/h2-19,36H,1H2/b18-17-,20-6+. The highest BCUT2D eigenvalue weighted by Gasteiger charge is 2.18. The van der Waals surface area contributed by atoms with Crippen LogP contribution >= 0.6 is 11.6 Å². The average Bonchev–Trinajstić information content (AvgIpc) is 3.37. The molecule has 0 amide bonds. The van der Waals surface area contributed by atoms with Crippen molar-refractivity contribution in [1.82, 2.24) is 19.3 Å². The summed E-state index contributed by atoms with van der Waals surface area (Å²) in [7, 11) is 0. The van der Waals surface area contributed by atoms with Crippen molar-refractivity contribution < 1.29 is 10.1 Å². The number of benzene rings is 3. The van der Waals surface area contributed by atoms with Gasteiger partial charge >= 0.3 is 0 Å². The fourth-order valence-corrected chi connectivity index (χ4v) is 4.17. The van der Waals surface area contributed by atoms with E-state index in [1.165, 1.54) is 6.26 Å². The molecule has 7 nitrogen and oxygen atoms in total. The fourth-order valence-electron chi connectivity index (χ4n) is 4.04. The predicted octanol–water partition coefficient (Wildman–Crippen LogP) is 6.46. The van der Waals surface area contributed by atoms with Gasteiger partial charge in [-0.2, -0.15) is 5.10 Å². The van der Waals surface area contributed by atoms with Gasteiger partial charge in [-0.05, 0) is 53.6 Å². The molecule has 3 aromatic carbocycles. The van der Waals surface area contributed by atoms with Crippen LogP contribution in [0.4, 0.5) is 0 Å². The molecule has 182 valence electrons. The van der Waals surface area contributed by atoms with Crippen molar-refractivity contribution in [1.29, 1.82) is 0 Å². The van der Waals surface area contributed by atoms with Gasteiger partial charge in [0.05, 0.1) is 17.6 Å². The first kappa shape index (κ1) is 24.0. The maximum atomic E-state index is 13.8. The Bertz CT molecular complexity index is 1680. The normalized spacial score (nSPS) is 11.8. The lowest BCUT2D eigenvalue weighted by atomic mass is 10.0. The predicted molar refractivity (Wildman–Crippen MR) is 146 cm³/mol. The van der Waals surface area contributed by atoms with Crippen LogP contribution in [-0.2, 0) is 4.89 Å². The molecule has 1 N–H and O–H groups in total. The van der Waals surface area contributed by atoms with Crippen LogP contribution in [0.2, 0.25) is 5.02 Å². The third-order valence-corrected chi connectivity index (χ3v) is 6.02. The molecular weight excluding hydrogens is 488 g/mol. The Labute approximate surface area is 217 Å². The molecule has 2 aromatic heterocycles. The summed E-state index contributed by atoms with van der Waals surface area (Å²) in [6.45, 7) is 3.74. The Hall–Kier alpha value is -4.72. The molecule has 0 aliphatic carbocycles. The maximum absolute atomic E-state index is 13.8. The molecule has 5 rings (SSSR count). The van der Waals surface area contributed by atoms with E-state index in [1.54, 1.807) is 57.9 Å². The summed E-state index contributed by atoms with van der Waals surface area (Å²) in [5.41, 5.74) is 3.99. The number of rotatable bonds is 7. The van der Waals surface area contributed by atoms with Crippen molar-refractivity contribution in [2.45, 2.75) is 0 Å². The molecule has 2 heterocycles. The van der Waals surface area contributed by atoms with Crippen molar-refractivity contribution in [2.75, 3.05) is 0 Å². The molecule has 0 unspecified atom stereocenters. The summed E-state index contributed by atoms with van der Waals surface area (Å²) in [6, 6.07) is 24.1. The quantitative estimate of drug-likeness (QED) is 0.118. The number of hydrogen-bond acceptors (Lipinski definition) is 5. The van der Waals surface area contributed by atoms with Crippen LogP contribution in [0.1, 0.15) is 5.56 Å². The molecule has 0 bridgehead atoms. The molecule has 0 saturated heterocycles. The number of fused-ring (bicyclic) bond motifs is 1. The topological polar surface area (TPSA) is 82.2 Å². The van der Waals surface area contributed by atoms with E-state index in [2.05, 4.69) is 16.6 Å². The van der Waals surface area contributed by atoms with E-state index in [-0.39, 0.29) is 5.56 Å². The van der Waals surface area contributed by atoms with Crippen LogP contribution < -0.4 is 5.56 Å². The fraction of sp³-hybridized carbons (Fsp3) is 0.